The molecule has 0 saturated heterocycles. The highest BCUT2D eigenvalue weighted by Crippen LogP contribution is 2.27. The second-order valence-corrected chi connectivity index (χ2v) is 11.8. The lowest BCUT2D eigenvalue weighted by molar-refractivity contribution is -0.140. The van der Waals surface area contributed by atoms with Gasteiger partial charge < -0.3 is 10.2 Å². The Hall–Kier alpha value is -4.57. The molecule has 0 aromatic heterocycles. The number of rotatable bonds is 13. The van der Waals surface area contributed by atoms with Crippen molar-refractivity contribution in [2.75, 3.05) is 17.4 Å². The molecule has 0 aliphatic heterocycles. The molecule has 0 radical (unpaired) electrons. The minimum absolute atomic E-state index is 0.118. The van der Waals surface area contributed by atoms with Gasteiger partial charge in [0.05, 0.1) is 10.6 Å². The summed E-state index contributed by atoms with van der Waals surface area (Å²) in [6.45, 7) is 1.36. The van der Waals surface area contributed by atoms with Crippen LogP contribution in [0.2, 0.25) is 0 Å². The highest BCUT2D eigenvalue weighted by molar-refractivity contribution is 7.92. The van der Waals surface area contributed by atoms with Gasteiger partial charge in [0.25, 0.3) is 10.0 Å². The first-order valence-corrected chi connectivity index (χ1v) is 15.3. The van der Waals surface area contributed by atoms with Gasteiger partial charge in [-0.2, -0.15) is 0 Å². The second kappa shape index (κ2) is 14.6. The van der Waals surface area contributed by atoms with Gasteiger partial charge in [-0.15, -0.1) is 0 Å². The molecule has 10 heteroatoms. The van der Waals surface area contributed by atoms with Crippen LogP contribution in [0.1, 0.15) is 24.5 Å². The Labute approximate surface area is 250 Å². The monoisotopic (exact) mass is 605 g/mol. The van der Waals surface area contributed by atoms with E-state index in [0.717, 1.165) is 15.9 Å². The van der Waals surface area contributed by atoms with Crippen LogP contribution in [-0.2, 0) is 32.6 Å². The summed E-state index contributed by atoms with van der Waals surface area (Å²) in [5, 5.41) is 2.85. The van der Waals surface area contributed by atoms with E-state index >= 15 is 4.39 Å². The van der Waals surface area contributed by atoms with E-state index < -0.39 is 46.1 Å². The van der Waals surface area contributed by atoms with Crippen molar-refractivity contribution in [3.05, 3.63) is 132 Å². The lowest BCUT2D eigenvalue weighted by Crippen LogP contribution is -2.53. The van der Waals surface area contributed by atoms with Crippen LogP contribution >= 0.6 is 0 Å². The van der Waals surface area contributed by atoms with Gasteiger partial charge in [-0.3, -0.25) is 13.9 Å². The van der Waals surface area contributed by atoms with Crippen molar-refractivity contribution in [1.29, 1.82) is 0 Å². The minimum atomic E-state index is -4.41. The van der Waals surface area contributed by atoms with E-state index in [1.807, 2.05) is 37.3 Å². The molecule has 1 atom stereocenters. The summed E-state index contributed by atoms with van der Waals surface area (Å²) >= 11 is 0. The predicted molar refractivity (Wildman–Crippen MR) is 162 cm³/mol. The Morgan fingerprint density at radius 3 is 2.02 bits per heavy atom. The van der Waals surface area contributed by atoms with E-state index in [9.17, 15) is 22.4 Å². The third kappa shape index (κ3) is 8.04. The molecule has 4 rings (SSSR count). The smallest absolute Gasteiger partial charge is 0.264 e. The topological polar surface area (TPSA) is 86.8 Å². The fraction of sp³-hybridized carbons (Fsp3) is 0.212. The van der Waals surface area contributed by atoms with E-state index in [1.165, 1.54) is 71.6 Å². The van der Waals surface area contributed by atoms with Crippen LogP contribution in [-0.4, -0.2) is 44.3 Å². The molecule has 0 aliphatic rings. The van der Waals surface area contributed by atoms with E-state index in [1.54, 1.807) is 6.07 Å². The van der Waals surface area contributed by atoms with Crippen molar-refractivity contribution >= 4 is 27.5 Å². The maximum absolute atomic E-state index is 15.1. The summed E-state index contributed by atoms with van der Waals surface area (Å²) in [5.41, 5.74) is 0.995. The second-order valence-electron chi connectivity index (χ2n) is 9.92. The van der Waals surface area contributed by atoms with E-state index in [0.29, 0.717) is 18.5 Å². The lowest BCUT2D eigenvalue weighted by atomic mass is 10.0. The molecule has 224 valence electrons. The lowest BCUT2D eigenvalue weighted by Gasteiger charge is -2.34. The van der Waals surface area contributed by atoms with Crippen LogP contribution in [0, 0.1) is 11.6 Å². The van der Waals surface area contributed by atoms with Gasteiger partial charge in [0, 0.05) is 19.5 Å². The van der Waals surface area contributed by atoms with Gasteiger partial charge in [-0.05, 0) is 53.9 Å². The Balaban J connectivity index is 1.79. The Morgan fingerprint density at radius 1 is 0.791 bits per heavy atom. The summed E-state index contributed by atoms with van der Waals surface area (Å²) in [4.78, 5) is 29.0. The first-order chi connectivity index (χ1) is 20.7. The molecule has 7 nitrogen and oxygen atoms in total. The van der Waals surface area contributed by atoms with Gasteiger partial charge in [-0.1, -0.05) is 79.7 Å². The number of sulfonamides is 1. The standard InChI is InChI=1S/C33H33F2N3O4S/c1-2-21-36-33(40)31(22-25-11-5-3-6-12-25)37(23-26-17-19-27(34)20-18-26)32(39)24-38(30-16-10-9-15-29(30)35)43(41,42)28-13-7-4-8-14-28/h3-20,31H,2,21-24H2,1H3,(H,36,40)/t31-/m1/s1. The van der Waals surface area contributed by atoms with Crippen LogP contribution in [0.15, 0.2) is 114 Å². The molecule has 0 heterocycles. The molecule has 4 aromatic rings. The number of amides is 2. The van der Waals surface area contributed by atoms with Crippen LogP contribution in [0.3, 0.4) is 0 Å². The fourth-order valence-corrected chi connectivity index (χ4v) is 6.04. The third-order valence-electron chi connectivity index (χ3n) is 6.82. The number of benzene rings is 4. The summed E-state index contributed by atoms with van der Waals surface area (Å²) < 4.78 is 57.2. The van der Waals surface area contributed by atoms with Crippen LogP contribution < -0.4 is 9.62 Å². The first kappa shape index (κ1) is 31.4. The fourth-order valence-electron chi connectivity index (χ4n) is 4.59. The van der Waals surface area contributed by atoms with Crippen molar-refractivity contribution in [3.8, 4) is 0 Å². The molecular weight excluding hydrogens is 572 g/mol. The first-order valence-electron chi connectivity index (χ1n) is 13.9. The van der Waals surface area contributed by atoms with Crippen molar-refractivity contribution in [2.24, 2.45) is 0 Å². The molecule has 0 bridgehead atoms. The highest BCUT2D eigenvalue weighted by Gasteiger charge is 2.35. The number of nitrogens with zero attached hydrogens (tertiary/aromatic N) is 2. The summed E-state index contributed by atoms with van der Waals surface area (Å²) in [6.07, 6.45) is 0.792. The SMILES string of the molecule is CCCNC(=O)[C@@H](Cc1ccccc1)N(Cc1ccc(F)cc1)C(=O)CN(c1ccccc1F)S(=O)(=O)c1ccccc1. The van der Waals surface area contributed by atoms with Crippen LogP contribution in [0.4, 0.5) is 14.5 Å². The molecule has 43 heavy (non-hydrogen) atoms. The average molecular weight is 606 g/mol. The number of para-hydroxylation sites is 1. The van der Waals surface area contributed by atoms with Gasteiger partial charge >= 0.3 is 0 Å². The molecule has 0 unspecified atom stereocenters. The molecular formula is C33H33F2N3O4S. The zero-order valence-electron chi connectivity index (χ0n) is 23.7. The van der Waals surface area contributed by atoms with E-state index in [-0.39, 0.29) is 23.5 Å². The molecule has 1 N–H and O–H groups in total. The zero-order valence-corrected chi connectivity index (χ0v) is 24.5. The van der Waals surface area contributed by atoms with Crippen LogP contribution in [0.5, 0.6) is 0 Å². The Morgan fingerprint density at radius 2 is 1.40 bits per heavy atom. The van der Waals surface area contributed by atoms with E-state index in [4.69, 9.17) is 0 Å². The van der Waals surface area contributed by atoms with E-state index in [2.05, 4.69) is 5.32 Å². The maximum atomic E-state index is 15.1. The normalized spacial score (nSPS) is 11.9. The molecule has 2 amide bonds. The number of carbonyl (C=O) groups is 2. The number of nitrogens with one attached hydrogen (secondary N) is 1. The summed E-state index contributed by atoms with van der Waals surface area (Å²) in [7, 11) is -4.41. The Kier molecular flexibility index (Phi) is 10.6. The van der Waals surface area contributed by atoms with Gasteiger partial charge in [0.2, 0.25) is 11.8 Å². The molecule has 4 aromatic carbocycles. The molecule has 0 spiro atoms. The molecule has 0 aliphatic carbocycles. The molecule has 0 saturated carbocycles. The maximum Gasteiger partial charge on any atom is 0.264 e. The average Bonchev–Trinajstić information content (AvgIpc) is 3.02. The zero-order chi connectivity index (χ0) is 30.8. The number of carbonyl (C=O) groups excluding carboxylic acids is 2. The van der Waals surface area contributed by atoms with Crippen molar-refractivity contribution in [1.82, 2.24) is 10.2 Å². The van der Waals surface area contributed by atoms with Gasteiger partial charge in [-0.25, -0.2) is 17.2 Å². The van der Waals surface area contributed by atoms with Crippen LogP contribution in [0.25, 0.3) is 0 Å². The highest BCUT2D eigenvalue weighted by atomic mass is 32.2. The number of hydrogen-bond donors (Lipinski definition) is 1. The van der Waals surface area contributed by atoms with Crippen molar-refractivity contribution in [3.63, 3.8) is 0 Å². The van der Waals surface area contributed by atoms with Crippen molar-refractivity contribution < 1.29 is 26.8 Å². The quantitative estimate of drug-likeness (QED) is 0.223. The third-order valence-corrected chi connectivity index (χ3v) is 8.59. The number of halogens is 2. The molecule has 0 fully saturated rings. The summed E-state index contributed by atoms with van der Waals surface area (Å²) in [5.74, 6) is -2.46. The summed E-state index contributed by atoms with van der Waals surface area (Å²) in [6, 6.07) is 26.3. The predicted octanol–water partition coefficient (Wildman–Crippen LogP) is 5.33. The van der Waals surface area contributed by atoms with Gasteiger partial charge in [0.15, 0.2) is 0 Å². The number of anilines is 1. The minimum Gasteiger partial charge on any atom is -0.354 e. The Bertz CT molecular complexity index is 1620. The number of hydrogen-bond acceptors (Lipinski definition) is 4. The largest absolute Gasteiger partial charge is 0.354 e. The van der Waals surface area contributed by atoms with Gasteiger partial charge in [0.1, 0.15) is 24.2 Å². The van der Waals surface area contributed by atoms with Crippen molar-refractivity contribution in [2.45, 2.75) is 37.2 Å².